The Labute approximate surface area is 113 Å². The molecule has 2 N–H and O–H groups in total. The summed E-state index contributed by atoms with van der Waals surface area (Å²) in [7, 11) is 1.89. The van der Waals surface area contributed by atoms with Crippen LogP contribution in [0.1, 0.15) is 19.4 Å². The standard InChI is InChI=1S/C14H18N4O/c1-14(2,9-16-3)18-8-13(19)17-11-6-10(7-15)4-5-12(11)18/h4-6,16H,8-9H2,1-3H3,(H,17,19). The molecule has 0 unspecified atom stereocenters. The lowest BCUT2D eigenvalue weighted by Crippen LogP contribution is -2.55. The molecule has 0 radical (unpaired) electrons. The molecule has 100 valence electrons. The third-order valence-corrected chi connectivity index (χ3v) is 3.33. The van der Waals surface area contributed by atoms with E-state index in [0.29, 0.717) is 17.8 Å². The molecule has 19 heavy (non-hydrogen) atoms. The van der Waals surface area contributed by atoms with Crippen molar-refractivity contribution in [3.8, 4) is 6.07 Å². The predicted octanol–water partition coefficient (Wildman–Crippen LogP) is 1.31. The van der Waals surface area contributed by atoms with E-state index in [4.69, 9.17) is 5.26 Å². The van der Waals surface area contributed by atoms with E-state index >= 15 is 0 Å². The summed E-state index contributed by atoms with van der Waals surface area (Å²) in [5.74, 6) is -0.0493. The second-order valence-corrected chi connectivity index (χ2v) is 5.32. The molecule has 1 aliphatic heterocycles. The smallest absolute Gasteiger partial charge is 0.243 e. The fourth-order valence-corrected chi connectivity index (χ4v) is 2.43. The first-order chi connectivity index (χ1) is 8.97. The fourth-order valence-electron chi connectivity index (χ4n) is 2.43. The number of nitrogens with zero attached hydrogens (tertiary/aromatic N) is 2. The highest BCUT2D eigenvalue weighted by atomic mass is 16.2. The van der Waals surface area contributed by atoms with Gasteiger partial charge in [0, 0.05) is 12.1 Å². The molecule has 1 aromatic carbocycles. The Morgan fingerprint density at radius 1 is 1.53 bits per heavy atom. The largest absolute Gasteiger partial charge is 0.354 e. The minimum Gasteiger partial charge on any atom is -0.354 e. The van der Waals surface area contributed by atoms with Crippen molar-refractivity contribution in [3.63, 3.8) is 0 Å². The molecule has 0 atom stereocenters. The Morgan fingerprint density at radius 2 is 2.26 bits per heavy atom. The van der Waals surface area contributed by atoms with E-state index in [-0.39, 0.29) is 11.4 Å². The highest BCUT2D eigenvalue weighted by molar-refractivity contribution is 6.01. The lowest BCUT2D eigenvalue weighted by atomic mass is 9.99. The van der Waals surface area contributed by atoms with Crippen LogP contribution in [-0.2, 0) is 4.79 Å². The number of nitriles is 1. The Kier molecular flexibility index (Phi) is 3.45. The summed E-state index contributed by atoms with van der Waals surface area (Å²) in [4.78, 5) is 13.9. The number of carbonyl (C=O) groups is 1. The maximum atomic E-state index is 11.8. The number of rotatable bonds is 3. The molecule has 0 saturated heterocycles. The number of anilines is 2. The van der Waals surface area contributed by atoms with Crippen molar-refractivity contribution < 1.29 is 4.79 Å². The summed E-state index contributed by atoms with van der Waals surface area (Å²) in [5, 5.41) is 14.9. The van der Waals surface area contributed by atoms with Crippen molar-refractivity contribution in [2.75, 3.05) is 30.4 Å². The first-order valence-corrected chi connectivity index (χ1v) is 6.24. The van der Waals surface area contributed by atoms with E-state index in [1.807, 2.05) is 13.1 Å². The highest BCUT2D eigenvalue weighted by Gasteiger charge is 2.32. The average molecular weight is 258 g/mol. The molecule has 0 aromatic heterocycles. The molecule has 0 fully saturated rings. The van der Waals surface area contributed by atoms with E-state index in [9.17, 15) is 4.79 Å². The molecule has 5 heteroatoms. The summed E-state index contributed by atoms with van der Waals surface area (Å²) in [6.07, 6.45) is 0. The van der Waals surface area contributed by atoms with Crippen LogP contribution in [0.4, 0.5) is 11.4 Å². The number of benzene rings is 1. The SMILES string of the molecule is CNCC(C)(C)N1CC(=O)Nc2cc(C#N)ccc21. The first-order valence-electron chi connectivity index (χ1n) is 6.24. The average Bonchev–Trinajstić information content (AvgIpc) is 2.36. The molecular formula is C14H18N4O. The second-order valence-electron chi connectivity index (χ2n) is 5.32. The molecule has 0 saturated carbocycles. The number of likely N-dealkylation sites (N-methyl/N-ethyl adjacent to an activating group) is 1. The van der Waals surface area contributed by atoms with Gasteiger partial charge in [-0.05, 0) is 39.1 Å². The molecule has 0 aliphatic carbocycles. The van der Waals surface area contributed by atoms with Gasteiger partial charge in [-0.1, -0.05) is 0 Å². The summed E-state index contributed by atoms with van der Waals surface area (Å²) in [5.41, 5.74) is 2.03. The summed E-state index contributed by atoms with van der Waals surface area (Å²) < 4.78 is 0. The van der Waals surface area contributed by atoms with Crippen molar-refractivity contribution in [1.29, 1.82) is 5.26 Å². The molecule has 2 rings (SSSR count). The Bertz CT molecular complexity index is 545. The van der Waals surface area contributed by atoms with Crippen molar-refractivity contribution in [2.45, 2.75) is 19.4 Å². The van der Waals surface area contributed by atoms with Gasteiger partial charge in [0.2, 0.25) is 5.91 Å². The van der Waals surface area contributed by atoms with Crippen LogP contribution in [0.25, 0.3) is 0 Å². The molecule has 5 nitrogen and oxygen atoms in total. The molecular weight excluding hydrogens is 240 g/mol. The van der Waals surface area contributed by atoms with Crippen molar-refractivity contribution >= 4 is 17.3 Å². The molecule has 1 heterocycles. The zero-order valence-electron chi connectivity index (χ0n) is 11.4. The fraction of sp³-hybridized carbons (Fsp3) is 0.429. The number of fused-ring (bicyclic) bond motifs is 1. The number of hydrogen-bond donors (Lipinski definition) is 2. The summed E-state index contributed by atoms with van der Waals surface area (Å²) in [6, 6.07) is 7.48. The Balaban J connectivity index is 2.45. The zero-order valence-corrected chi connectivity index (χ0v) is 11.4. The quantitative estimate of drug-likeness (QED) is 0.858. The van der Waals surface area contributed by atoms with Crippen LogP contribution < -0.4 is 15.5 Å². The minimum absolute atomic E-state index is 0.0493. The van der Waals surface area contributed by atoms with E-state index < -0.39 is 0 Å². The van der Waals surface area contributed by atoms with E-state index in [1.54, 1.807) is 12.1 Å². The number of hydrogen-bond acceptors (Lipinski definition) is 4. The zero-order chi connectivity index (χ0) is 14.0. The summed E-state index contributed by atoms with van der Waals surface area (Å²) >= 11 is 0. The van der Waals surface area contributed by atoms with Gasteiger partial charge in [0.25, 0.3) is 0 Å². The van der Waals surface area contributed by atoms with Gasteiger partial charge in [-0.15, -0.1) is 0 Å². The van der Waals surface area contributed by atoms with Crippen LogP contribution in [0.15, 0.2) is 18.2 Å². The van der Waals surface area contributed by atoms with Crippen LogP contribution in [0.5, 0.6) is 0 Å². The van der Waals surface area contributed by atoms with Gasteiger partial charge in [-0.2, -0.15) is 5.26 Å². The topological polar surface area (TPSA) is 68.2 Å². The highest BCUT2D eigenvalue weighted by Crippen LogP contribution is 2.34. The third kappa shape index (κ3) is 2.54. The second kappa shape index (κ2) is 4.90. The minimum atomic E-state index is -0.185. The van der Waals surface area contributed by atoms with Crippen LogP contribution in [0.2, 0.25) is 0 Å². The van der Waals surface area contributed by atoms with Crippen LogP contribution in [-0.4, -0.2) is 31.6 Å². The maximum absolute atomic E-state index is 11.8. The summed E-state index contributed by atoms with van der Waals surface area (Å²) in [6.45, 7) is 5.27. The van der Waals surface area contributed by atoms with Crippen molar-refractivity contribution in [3.05, 3.63) is 23.8 Å². The predicted molar refractivity (Wildman–Crippen MR) is 75.1 cm³/mol. The van der Waals surface area contributed by atoms with Gasteiger partial charge in [0.05, 0.1) is 29.6 Å². The number of amides is 1. The van der Waals surface area contributed by atoms with Crippen LogP contribution in [0, 0.1) is 11.3 Å². The molecule has 1 aromatic rings. The lowest BCUT2D eigenvalue weighted by Gasteiger charge is -2.43. The molecule has 1 aliphatic rings. The molecule has 0 spiro atoms. The third-order valence-electron chi connectivity index (χ3n) is 3.33. The monoisotopic (exact) mass is 258 g/mol. The van der Waals surface area contributed by atoms with E-state index in [2.05, 4.69) is 35.5 Å². The normalized spacial score (nSPS) is 14.6. The Hall–Kier alpha value is -2.06. The van der Waals surface area contributed by atoms with E-state index in [1.165, 1.54) is 0 Å². The lowest BCUT2D eigenvalue weighted by molar-refractivity contribution is -0.115. The molecule has 1 amide bonds. The van der Waals surface area contributed by atoms with Crippen molar-refractivity contribution in [2.24, 2.45) is 0 Å². The van der Waals surface area contributed by atoms with Gasteiger partial charge in [0.15, 0.2) is 0 Å². The van der Waals surface area contributed by atoms with Crippen molar-refractivity contribution in [1.82, 2.24) is 5.32 Å². The van der Waals surface area contributed by atoms with Crippen LogP contribution in [0.3, 0.4) is 0 Å². The Morgan fingerprint density at radius 3 is 2.89 bits per heavy atom. The van der Waals surface area contributed by atoms with Gasteiger partial charge >= 0.3 is 0 Å². The number of carbonyl (C=O) groups excluding carboxylic acids is 1. The van der Waals surface area contributed by atoms with E-state index in [0.717, 1.165) is 12.2 Å². The van der Waals surface area contributed by atoms with Crippen LogP contribution >= 0.6 is 0 Å². The maximum Gasteiger partial charge on any atom is 0.243 e. The number of nitrogens with one attached hydrogen (secondary N) is 2. The van der Waals surface area contributed by atoms with Gasteiger partial charge in [-0.3, -0.25) is 4.79 Å². The van der Waals surface area contributed by atoms with Gasteiger partial charge in [-0.25, -0.2) is 0 Å². The first kappa shape index (κ1) is 13.4. The molecule has 0 bridgehead atoms. The van der Waals surface area contributed by atoms with Gasteiger partial charge < -0.3 is 15.5 Å². The van der Waals surface area contributed by atoms with Gasteiger partial charge in [0.1, 0.15) is 0 Å².